The Bertz CT molecular complexity index is 183. The van der Waals surface area contributed by atoms with Gasteiger partial charge < -0.3 is 10.1 Å². The highest BCUT2D eigenvalue weighted by atomic mass is 16.5. The number of rotatable bonds is 6. The van der Waals surface area contributed by atoms with Crippen LogP contribution in [0.5, 0.6) is 0 Å². The third kappa shape index (κ3) is 3.46. The fourth-order valence-corrected chi connectivity index (χ4v) is 2.72. The molecule has 2 rings (SSSR count). The summed E-state index contributed by atoms with van der Waals surface area (Å²) in [5.74, 6) is 0.949. The first kappa shape index (κ1) is 11.4. The Balaban J connectivity index is 1.67. The molecule has 1 saturated carbocycles. The SMILES string of the molecule is CCCNCC1(CC2CCOCC2)CC1. The average Bonchev–Trinajstić information content (AvgIpc) is 3.00. The van der Waals surface area contributed by atoms with Crippen LogP contribution in [0.25, 0.3) is 0 Å². The molecule has 1 aliphatic carbocycles. The highest BCUT2D eigenvalue weighted by molar-refractivity contribution is 4.96. The molecule has 0 spiro atoms. The van der Waals surface area contributed by atoms with E-state index in [4.69, 9.17) is 4.74 Å². The molecule has 0 bridgehead atoms. The van der Waals surface area contributed by atoms with Gasteiger partial charge in [-0.25, -0.2) is 0 Å². The molecule has 1 heterocycles. The lowest BCUT2D eigenvalue weighted by Gasteiger charge is -2.26. The van der Waals surface area contributed by atoms with Crippen LogP contribution in [-0.4, -0.2) is 26.3 Å². The Hall–Kier alpha value is -0.0800. The molecule has 0 aromatic heterocycles. The summed E-state index contributed by atoms with van der Waals surface area (Å²) in [4.78, 5) is 0. The summed E-state index contributed by atoms with van der Waals surface area (Å²) in [5, 5.41) is 3.60. The molecule has 1 N–H and O–H groups in total. The maximum atomic E-state index is 5.42. The molecular formula is C13H25NO. The fraction of sp³-hybridized carbons (Fsp3) is 1.00. The quantitative estimate of drug-likeness (QED) is 0.682. The van der Waals surface area contributed by atoms with E-state index in [1.54, 1.807) is 0 Å². The molecule has 1 aliphatic heterocycles. The molecule has 0 aromatic carbocycles. The summed E-state index contributed by atoms with van der Waals surface area (Å²) in [6.07, 6.45) is 8.23. The molecule has 0 amide bonds. The number of hydrogen-bond acceptors (Lipinski definition) is 2. The molecule has 2 heteroatoms. The number of ether oxygens (including phenoxy) is 1. The first-order chi connectivity index (χ1) is 7.35. The van der Waals surface area contributed by atoms with Gasteiger partial charge in [-0.05, 0) is 56.4 Å². The Kier molecular flexibility index (Phi) is 4.04. The first-order valence-corrected chi connectivity index (χ1v) is 6.63. The van der Waals surface area contributed by atoms with Crippen molar-refractivity contribution in [3.05, 3.63) is 0 Å². The minimum atomic E-state index is 0.692. The van der Waals surface area contributed by atoms with E-state index in [2.05, 4.69) is 12.2 Å². The molecule has 0 aromatic rings. The van der Waals surface area contributed by atoms with Crippen molar-refractivity contribution in [3.63, 3.8) is 0 Å². The van der Waals surface area contributed by atoms with Gasteiger partial charge in [0.15, 0.2) is 0 Å². The molecule has 2 aliphatic rings. The monoisotopic (exact) mass is 211 g/mol. The highest BCUT2D eigenvalue weighted by Crippen LogP contribution is 2.51. The normalized spacial score (nSPS) is 25.4. The van der Waals surface area contributed by atoms with E-state index in [-0.39, 0.29) is 0 Å². The van der Waals surface area contributed by atoms with Gasteiger partial charge in [0.05, 0.1) is 0 Å². The van der Waals surface area contributed by atoms with Crippen molar-refractivity contribution in [2.75, 3.05) is 26.3 Å². The van der Waals surface area contributed by atoms with Crippen LogP contribution in [0.1, 0.15) is 45.4 Å². The van der Waals surface area contributed by atoms with Crippen LogP contribution in [0, 0.1) is 11.3 Å². The Labute approximate surface area is 93.8 Å². The van der Waals surface area contributed by atoms with E-state index in [0.717, 1.165) is 19.1 Å². The van der Waals surface area contributed by atoms with Crippen LogP contribution < -0.4 is 5.32 Å². The highest BCUT2D eigenvalue weighted by Gasteiger charge is 2.43. The van der Waals surface area contributed by atoms with Gasteiger partial charge in [-0.2, -0.15) is 0 Å². The van der Waals surface area contributed by atoms with Crippen LogP contribution in [0.2, 0.25) is 0 Å². The lowest BCUT2D eigenvalue weighted by molar-refractivity contribution is 0.0569. The van der Waals surface area contributed by atoms with Crippen LogP contribution in [0.3, 0.4) is 0 Å². The van der Waals surface area contributed by atoms with Gasteiger partial charge in [0.1, 0.15) is 0 Å². The predicted octanol–water partition coefficient (Wildman–Crippen LogP) is 2.58. The fourth-order valence-electron chi connectivity index (χ4n) is 2.72. The third-order valence-electron chi connectivity index (χ3n) is 3.95. The van der Waals surface area contributed by atoms with Gasteiger partial charge in [0.25, 0.3) is 0 Å². The summed E-state index contributed by atoms with van der Waals surface area (Å²) in [7, 11) is 0. The summed E-state index contributed by atoms with van der Waals surface area (Å²) in [6.45, 7) is 6.70. The van der Waals surface area contributed by atoms with Crippen LogP contribution in [0.4, 0.5) is 0 Å². The second-order valence-electron chi connectivity index (χ2n) is 5.44. The van der Waals surface area contributed by atoms with Crippen molar-refractivity contribution in [2.24, 2.45) is 11.3 Å². The van der Waals surface area contributed by atoms with Crippen molar-refractivity contribution >= 4 is 0 Å². The van der Waals surface area contributed by atoms with Crippen molar-refractivity contribution in [2.45, 2.75) is 45.4 Å². The third-order valence-corrected chi connectivity index (χ3v) is 3.95. The van der Waals surface area contributed by atoms with E-state index in [0.29, 0.717) is 5.41 Å². The van der Waals surface area contributed by atoms with Gasteiger partial charge in [0, 0.05) is 19.8 Å². The minimum Gasteiger partial charge on any atom is -0.381 e. The summed E-state index contributed by atoms with van der Waals surface area (Å²) in [6, 6.07) is 0. The topological polar surface area (TPSA) is 21.3 Å². The molecule has 2 nitrogen and oxygen atoms in total. The van der Waals surface area contributed by atoms with Crippen molar-refractivity contribution < 1.29 is 4.74 Å². The number of nitrogens with one attached hydrogen (secondary N) is 1. The van der Waals surface area contributed by atoms with Crippen LogP contribution in [-0.2, 0) is 4.74 Å². The van der Waals surface area contributed by atoms with E-state index >= 15 is 0 Å². The average molecular weight is 211 g/mol. The zero-order valence-corrected chi connectivity index (χ0v) is 10.1. The van der Waals surface area contributed by atoms with Crippen molar-refractivity contribution in [1.82, 2.24) is 5.32 Å². The van der Waals surface area contributed by atoms with Crippen LogP contribution >= 0.6 is 0 Å². The molecule has 88 valence electrons. The Morgan fingerprint density at radius 1 is 1.27 bits per heavy atom. The zero-order chi connectivity index (χ0) is 10.6. The summed E-state index contributed by atoms with van der Waals surface area (Å²) >= 11 is 0. The summed E-state index contributed by atoms with van der Waals surface area (Å²) < 4.78 is 5.42. The van der Waals surface area contributed by atoms with Crippen molar-refractivity contribution in [1.29, 1.82) is 0 Å². The molecule has 2 fully saturated rings. The molecule has 15 heavy (non-hydrogen) atoms. The van der Waals surface area contributed by atoms with Gasteiger partial charge in [-0.15, -0.1) is 0 Å². The predicted molar refractivity (Wildman–Crippen MR) is 63.0 cm³/mol. The molecule has 0 unspecified atom stereocenters. The van der Waals surface area contributed by atoms with Gasteiger partial charge in [-0.1, -0.05) is 6.92 Å². The molecule has 0 atom stereocenters. The maximum Gasteiger partial charge on any atom is 0.0468 e. The van der Waals surface area contributed by atoms with Crippen molar-refractivity contribution in [3.8, 4) is 0 Å². The largest absolute Gasteiger partial charge is 0.381 e. The second kappa shape index (κ2) is 5.31. The first-order valence-electron chi connectivity index (χ1n) is 6.63. The lowest BCUT2D eigenvalue weighted by atomic mass is 9.87. The molecule has 0 radical (unpaired) electrons. The van der Waals surface area contributed by atoms with Gasteiger partial charge >= 0.3 is 0 Å². The van der Waals surface area contributed by atoms with Crippen LogP contribution in [0.15, 0.2) is 0 Å². The van der Waals surface area contributed by atoms with Gasteiger partial charge in [0.2, 0.25) is 0 Å². The van der Waals surface area contributed by atoms with E-state index in [9.17, 15) is 0 Å². The summed E-state index contributed by atoms with van der Waals surface area (Å²) in [5.41, 5.74) is 0.692. The smallest absolute Gasteiger partial charge is 0.0468 e. The maximum absolute atomic E-state index is 5.42. The number of hydrogen-bond donors (Lipinski definition) is 1. The standard InChI is InChI=1S/C13H25NO/c1-2-7-14-11-13(5-6-13)10-12-3-8-15-9-4-12/h12,14H,2-11H2,1H3. The van der Waals surface area contributed by atoms with E-state index < -0.39 is 0 Å². The minimum absolute atomic E-state index is 0.692. The van der Waals surface area contributed by atoms with Gasteiger partial charge in [-0.3, -0.25) is 0 Å². The zero-order valence-electron chi connectivity index (χ0n) is 10.1. The Morgan fingerprint density at radius 3 is 2.60 bits per heavy atom. The Morgan fingerprint density at radius 2 is 2.00 bits per heavy atom. The second-order valence-corrected chi connectivity index (χ2v) is 5.44. The lowest BCUT2D eigenvalue weighted by Crippen LogP contribution is -2.28. The molecule has 1 saturated heterocycles. The molecular weight excluding hydrogens is 186 g/mol. The van der Waals surface area contributed by atoms with E-state index in [1.807, 2.05) is 0 Å². The van der Waals surface area contributed by atoms with E-state index in [1.165, 1.54) is 51.6 Å².